The van der Waals surface area contributed by atoms with Gasteiger partial charge in [-0.15, -0.1) is 0 Å². The lowest BCUT2D eigenvalue weighted by atomic mass is 10.1. The average molecular weight is 373 g/mol. The van der Waals surface area contributed by atoms with E-state index in [1.807, 2.05) is 0 Å². The second-order valence-electron chi connectivity index (χ2n) is 6.28. The SMILES string of the molecule is COC(=O)C(C)CN(Cc1ccc2c(c1)OCO2)C(=O)c1ccccc1F. The van der Waals surface area contributed by atoms with Gasteiger partial charge in [0, 0.05) is 13.1 Å². The van der Waals surface area contributed by atoms with Crippen LogP contribution >= 0.6 is 0 Å². The Morgan fingerprint density at radius 1 is 1.19 bits per heavy atom. The van der Waals surface area contributed by atoms with Crippen LogP contribution in [0.15, 0.2) is 42.5 Å². The highest BCUT2D eigenvalue weighted by Gasteiger charge is 2.25. The molecular formula is C20H20FNO5. The van der Waals surface area contributed by atoms with Crippen LogP contribution in [-0.4, -0.2) is 37.2 Å². The van der Waals surface area contributed by atoms with E-state index < -0.39 is 23.6 Å². The first-order valence-electron chi connectivity index (χ1n) is 8.49. The van der Waals surface area contributed by atoms with E-state index in [0.29, 0.717) is 11.5 Å². The number of amides is 1. The van der Waals surface area contributed by atoms with E-state index in [9.17, 15) is 14.0 Å². The number of hydrogen-bond donors (Lipinski definition) is 0. The van der Waals surface area contributed by atoms with Gasteiger partial charge in [-0.3, -0.25) is 9.59 Å². The minimum Gasteiger partial charge on any atom is -0.469 e. The van der Waals surface area contributed by atoms with Gasteiger partial charge in [0.15, 0.2) is 11.5 Å². The Bertz CT molecular complexity index is 854. The number of rotatable bonds is 6. The topological polar surface area (TPSA) is 65.1 Å². The molecule has 0 fully saturated rings. The lowest BCUT2D eigenvalue weighted by molar-refractivity contribution is -0.145. The molecule has 1 heterocycles. The highest BCUT2D eigenvalue weighted by atomic mass is 19.1. The van der Waals surface area contributed by atoms with Crippen LogP contribution in [0.3, 0.4) is 0 Å². The van der Waals surface area contributed by atoms with Crippen molar-refractivity contribution in [2.45, 2.75) is 13.5 Å². The van der Waals surface area contributed by atoms with Gasteiger partial charge in [-0.1, -0.05) is 25.1 Å². The molecule has 7 heteroatoms. The van der Waals surface area contributed by atoms with Crippen molar-refractivity contribution in [2.75, 3.05) is 20.4 Å². The van der Waals surface area contributed by atoms with Crippen LogP contribution in [0.4, 0.5) is 4.39 Å². The highest BCUT2D eigenvalue weighted by Crippen LogP contribution is 2.33. The number of ether oxygens (including phenoxy) is 3. The van der Waals surface area contributed by atoms with Gasteiger partial charge >= 0.3 is 5.97 Å². The molecule has 0 N–H and O–H groups in total. The smallest absolute Gasteiger partial charge is 0.310 e. The van der Waals surface area contributed by atoms with Crippen LogP contribution in [-0.2, 0) is 16.1 Å². The molecule has 0 aromatic heterocycles. The Labute approximate surface area is 156 Å². The monoisotopic (exact) mass is 373 g/mol. The fourth-order valence-electron chi connectivity index (χ4n) is 2.89. The maximum atomic E-state index is 14.1. The van der Waals surface area contributed by atoms with E-state index in [0.717, 1.165) is 5.56 Å². The van der Waals surface area contributed by atoms with Gasteiger partial charge in [0.25, 0.3) is 5.91 Å². The number of benzene rings is 2. The van der Waals surface area contributed by atoms with Crippen molar-refractivity contribution in [1.82, 2.24) is 4.90 Å². The zero-order valence-corrected chi connectivity index (χ0v) is 15.1. The van der Waals surface area contributed by atoms with Gasteiger partial charge in [-0.2, -0.15) is 0 Å². The normalized spacial score (nSPS) is 13.1. The molecule has 1 amide bonds. The first kappa shape index (κ1) is 18.7. The van der Waals surface area contributed by atoms with Crippen LogP contribution in [0.1, 0.15) is 22.8 Å². The number of hydrogen-bond acceptors (Lipinski definition) is 5. The summed E-state index contributed by atoms with van der Waals surface area (Å²) in [6.45, 7) is 2.09. The molecular weight excluding hydrogens is 353 g/mol. The number of esters is 1. The molecule has 6 nitrogen and oxygen atoms in total. The summed E-state index contributed by atoms with van der Waals surface area (Å²) in [4.78, 5) is 26.2. The molecule has 0 radical (unpaired) electrons. The molecule has 1 atom stereocenters. The Balaban J connectivity index is 1.86. The molecule has 142 valence electrons. The van der Waals surface area contributed by atoms with Gasteiger partial charge in [-0.25, -0.2) is 4.39 Å². The molecule has 0 aliphatic carbocycles. The van der Waals surface area contributed by atoms with E-state index in [1.165, 1.54) is 30.2 Å². The summed E-state index contributed by atoms with van der Waals surface area (Å²) in [5, 5.41) is 0. The molecule has 0 spiro atoms. The molecule has 27 heavy (non-hydrogen) atoms. The molecule has 1 aliphatic heterocycles. The van der Waals surface area contributed by atoms with Gasteiger partial charge < -0.3 is 19.1 Å². The van der Waals surface area contributed by atoms with Crippen molar-refractivity contribution in [3.8, 4) is 11.5 Å². The first-order valence-corrected chi connectivity index (χ1v) is 8.49. The van der Waals surface area contributed by atoms with Crippen molar-refractivity contribution >= 4 is 11.9 Å². The average Bonchev–Trinajstić information content (AvgIpc) is 3.14. The standard InChI is InChI=1S/C20H20FNO5/c1-13(20(24)25-2)10-22(19(23)15-5-3-4-6-16(15)21)11-14-7-8-17-18(9-14)27-12-26-17/h3-9,13H,10-12H2,1-2H3. The molecule has 3 rings (SSSR count). The van der Waals surface area contributed by atoms with Crippen LogP contribution < -0.4 is 9.47 Å². The lowest BCUT2D eigenvalue weighted by Gasteiger charge is -2.25. The van der Waals surface area contributed by atoms with Crippen molar-refractivity contribution in [3.63, 3.8) is 0 Å². The third kappa shape index (κ3) is 4.19. The third-order valence-electron chi connectivity index (χ3n) is 4.30. The number of carbonyl (C=O) groups is 2. The molecule has 1 aliphatic rings. The summed E-state index contributed by atoms with van der Waals surface area (Å²) in [5.41, 5.74) is 0.733. The van der Waals surface area contributed by atoms with E-state index in [4.69, 9.17) is 14.2 Å². The largest absolute Gasteiger partial charge is 0.469 e. The molecule has 2 aromatic carbocycles. The molecule has 0 saturated carbocycles. The minimum atomic E-state index is -0.607. The fraction of sp³-hybridized carbons (Fsp3) is 0.300. The number of carbonyl (C=O) groups excluding carboxylic acids is 2. The first-order chi connectivity index (χ1) is 13.0. The summed E-state index contributed by atoms with van der Waals surface area (Å²) in [6.07, 6.45) is 0. The van der Waals surface area contributed by atoms with Crippen molar-refractivity contribution in [1.29, 1.82) is 0 Å². The summed E-state index contributed by atoms with van der Waals surface area (Å²) in [7, 11) is 1.29. The van der Waals surface area contributed by atoms with Crippen LogP contribution in [0.2, 0.25) is 0 Å². The Morgan fingerprint density at radius 3 is 2.67 bits per heavy atom. The van der Waals surface area contributed by atoms with Gasteiger partial charge in [0.1, 0.15) is 5.82 Å². The van der Waals surface area contributed by atoms with E-state index in [-0.39, 0.29) is 25.4 Å². The Morgan fingerprint density at radius 2 is 1.93 bits per heavy atom. The predicted octanol–water partition coefficient (Wildman–Crippen LogP) is 3.01. The summed E-state index contributed by atoms with van der Waals surface area (Å²) in [6, 6.07) is 11.1. The van der Waals surface area contributed by atoms with Crippen LogP contribution in [0, 0.1) is 11.7 Å². The Kier molecular flexibility index (Phi) is 5.59. The van der Waals surface area contributed by atoms with Crippen LogP contribution in [0.25, 0.3) is 0 Å². The fourth-order valence-corrected chi connectivity index (χ4v) is 2.89. The minimum absolute atomic E-state index is 0.0460. The number of halogens is 1. The van der Waals surface area contributed by atoms with Crippen LogP contribution in [0.5, 0.6) is 11.5 Å². The maximum Gasteiger partial charge on any atom is 0.310 e. The van der Waals surface area contributed by atoms with Crippen molar-refractivity contribution in [3.05, 3.63) is 59.4 Å². The van der Waals surface area contributed by atoms with E-state index >= 15 is 0 Å². The lowest BCUT2D eigenvalue weighted by Crippen LogP contribution is -2.37. The molecule has 1 unspecified atom stereocenters. The summed E-state index contributed by atoms with van der Waals surface area (Å²) < 4.78 is 29.5. The molecule has 2 aromatic rings. The van der Waals surface area contributed by atoms with E-state index in [2.05, 4.69) is 0 Å². The van der Waals surface area contributed by atoms with Crippen molar-refractivity contribution in [2.24, 2.45) is 5.92 Å². The van der Waals surface area contributed by atoms with E-state index in [1.54, 1.807) is 31.2 Å². The number of methoxy groups -OCH3 is 1. The number of nitrogens with zero attached hydrogens (tertiary/aromatic N) is 1. The highest BCUT2D eigenvalue weighted by molar-refractivity contribution is 5.94. The predicted molar refractivity (Wildman–Crippen MR) is 94.9 cm³/mol. The zero-order chi connectivity index (χ0) is 19.4. The number of fused-ring (bicyclic) bond motifs is 1. The van der Waals surface area contributed by atoms with Gasteiger partial charge in [0.2, 0.25) is 6.79 Å². The van der Waals surface area contributed by atoms with Gasteiger partial charge in [0.05, 0.1) is 18.6 Å². The molecule has 0 saturated heterocycles. The third-order valence-corrected chi connectivity index (χ3v) is 4.30. The second kappa shape index (κ2) is 8.07. The zero-order valence-electron chi connectivity index (χ0n) is 15.1. The second-order valence-corrected chi connectivity index (χ2v) is 6.28. The van der Waals surface area contributed by atoms with Crippen molar-refractivity contribution < 1.29 is 28.2 Å². The Hall–Kier alpha value is -3.09. The van der Waals surface area contributed by atoms with Gasteiger partial charge in [-0.05, 0) is 29.8 Å². The molecule has 0 bridgehead atoms. The quantitative estimate of drug-likeness (QED) is 0.729. The summed E-state index contributed by atoms with van der Waals surface area (Å²) in [5.74, 6) is -0.877. The summed E-state index contributed by atoms with van der Waals surface area (Å²) >= 11 is 0. The maximum absolute atomic E-state index is 14.1.